The molecule has 21 heavy (non-hydrogen) atoms. The SMILES string of the molecule is CC(=O)[C@@H]1C[C@H]2CCC[C@@H]1[C@@H]2[Si](C(C)C)(C(C)C)C(C)C. The van der Waals surface area contributed by atoms with Gasteiger partial charge in [-0.3, -0.25) is 4.79 Å². The van der Waals surface area contributed by atoms with Crippen molar-refractivity contribution in [2.75, 3.05) is 0 Å². The highest BCUT2D eigenvalue weighted by Gasteiger charge is 2.59. The van der Waals surface area contributed by atoms with E-state index in [9.17, 15) is 4.79 Å². The fraction of sp³-hybridized carbons (Fsp3) is 0.947. The highest BCUT2D eigenvalue weighted by Crippen LogP contribution is 2.64. The molecule has 2 aliphatic carbocycles. The predicted molar refractivity (Wildman–Crippen MR) is 94.4 cm³/mol. The van der Waals surface area contributed by atoms with Crippen LogP contribution in [0.4, 0.5) is 0 Å². The number of Topliss-reactive ketones (excluding diaryl/α,β-unsaturated/α-hetero) is 1. The number of carbonyl (C=O) groups excluding carboxylic acids is 1. The fourth-order valence-corrected chi connectivity index (χ4v) is 15.5. The molecule has 0 aromatic rings. The summed E-state index contributed by atoms with van der Waals surface area (Å²) in [7, 11) is -1.43. The standard InChI is InChI=1S/C19H36OSi/c1-12(2)21(13(3)4,14(5)6)19-16-9-8-10-17(19)18(11-16)15(7)20/h12-14,16-19H,8-11H2,1-7H3/t16-,17+,18+,19-/m1/s1. The van der Waals surface area contributed by atoms with Gasteiger partial charge in [-0.05, 0) is 37.1 Å². The van der Waals surface area contributed by atoms with Gasteiger partial charge in [-0.25, -0.2) is 0 Å². The van der Waals surface area contributed by atoms with E-state index < -0.39 is 8.07 Å². The van der Waals surface area contributed by atoms with Crippen LogP contribution in [0.3, 0.4) is 0 Å². The molecule has 0 heterocycles. The third-order valence-electron chi connectivity index (χ3n) is 7.25. The molecule has 2 bridgehead atoms. The molecule has 0 aliphatic heterocycles. The van der Waals surface area contributed by atoms with Crippen LogP contribution in [0.1, 0.15) is 74.1 Å². The van der Waals surface area contributed by atoms with Crippen LogP contribution in [-0.4, -0.2) is 13.9 Å². The van der Waals surface area contributed by atoms with Gasteiger partial charge in [0.15, 0.2) is 0 Å². The Morgan fingerprint density at radius 3 is 1.90 bits per heavy atom. The average Bonchev–Trinajstić information content (AvgIpc) is 2.57. The maximum atomic E-state index is 12.2. The van der Waals surface area contributed by atoms with Gasteiger partial charge in [-0.15, -0.1) is 0 Å². The molecule has 0 amide bonds. The zero-order valence-corrected chi connectivity index (χ0v) is 16.3. The van der Waals surface area contributed by atoms with Crippen molar-refractivity contribution in [1.29, 1.82) is 0 Å². The Kier molecular flexibility index (Phi) is 5.07. The molecule has 2 fully saturated rings. The second-order valence-electron chi connectivity index (χ2n) is 8.80. The molecular formula is C19H36OSi. The summed E-state index contributed by atoms with van der Waals surface area (Å²) in [5.74, 6) is 2.45. The topological polar surface area (TPSA) is 17.1 Å². The van der Waals surface area contributed by atoms with Crippen LogP contribution in [-0.2, 0) is 4.79 Å². The highest BCUT2D eigenvalue weighted by atomic mass is 28.3. The Balaban J connectivity index is 2.48. The van der Waals surface area contributed by atoms with Gasteiger partial charge in [0, 0.05) is 5.92 Å². The maximum Gasteiger partial charge on any atom is 0.133 e. The number of fused-ring (bicyclic) bond motifs is 2. The van der Waals surface area contributed by atoms with E-state index in [2.05, 4.69) is 41.5 Å². The lowest BCUT2D eigenvalue weighted by atomic mass is 9.85. The van der Waals surface area contributed by atoms with Gasteiger partial charge < -0.3 is 0 Å². The molecule has 122 valence electrons. The Morgan fingerprint density at radius 2 is 1.48 bits per heavy atom. The molecule has 0 N–H and O–H groups in total. The molecule has 0 saturated heterocycles. The van der Waals surface area contributed by atoms with Crippen molar-refractivity contribution < 1.29 is 4.79 Å². The second-order valence-corrected chi connectivity index (χ2v) is 14.9. The largest absolute Gasteiger partial charge is 0.300 e. The molecule has 0 aromatic heterocycles. The first-order valence-corrected chi connectivity index (χ1v) is 11.6. The molecule has 2 aliphatic rings. The van der Waals surface area contributed by atoms with E-state index in [1.54, 1.807) is 0 Å². The smallest absolute Gasteiger partial charge is 0.133 e. The van der Waals surface area contributed by atoms with Crippen molar-refractivity contribution in [3.8, 4) is 0 Å². The highest BCUT2D eigenvalue weighted by molar-refractivity contribution is 6.85. The molecule has 0 unspecified atom stereocenters. The van der Waals surface area contributed by atoms with Crippen LogP contribution in [0.5, 0.6) is 0 Å². The number of rotatable bonds is 5. The summed E-state index contributed by atoms with van der Waals surface area (Å²) < 4.78 is 0. The van der Waals surface area contributed by atoms with Crippen molar-refractivity contribution in [2.24, 2.45) is 17.8 Å². The van der Waals surface area contributed by atoms with Gasteiger partial charge in [0.05, 0.1) is 8.07 Å². The number of hydrogen-bond acceptors (Lipinski definition) is 1. The molecule has 2 rings (SSSR count). The minimum atomic E-state index is -1.43. The maximum absolute atomic E-state index is 12.2. The van der Waals surface area contributed by atoms with Crippen LogP contribution in [0, 0.1) is 17.8 Å². The van der Waals surface area contributed by atoms with Gasteiger partial charge in [0.2, 0.25) is 0 Å². The molecule has 0 spiro atoms. The second kappa shape index (κ2) is 6.18. The fourth-order valence-electron chi connectivity index (χ4n) is 6.94. The first kappa shape index (κ1) is 17.2. The lowest BCUT2D eigenvalue weighted by Crippen LogP contribution is -2.53. The zero-order valence-electron chi connectivity index (χ0n) is 15.3. The van der Waals surface area contributed by atoms with Crippen molar-refractivity contribution in [2.45, 2.75) is 96.3 Å². The quantitative estimate of drug-likeness (QED) is 0.564. The van der Waals surface area contributed by atoms with Crippen LogP contribution >= 0.6 is 0 Å². The van der Waals surface area contributed by atoms with Crippen LogP contribution in [0.2, 0.25) is 22.2 Å². The lowest BCUT2D eigenvalue weighted by Gasteiger charge is -2.53. The Labute approximate surface area is 133 Å². The van der Waals surface area contributed by atoms with E-state index in [4.69, 9.17) is 0 Å². The number of ketones is 1. The Morgan fingerprint density at radius 1 is 0.952 bits per heavy atom. The summed E-state index contributed by atoms with van der Waals surface area (Å²) in [5.41, 5.74) is 3.39. The van der Waals surface area contributed by atoms with E-state index >= 15 is 0 Å². The third-order valence-corrected chi connectivity index (χ3v) is 15.3. The Bertz CT molecular complexity index is 363. The van der Waals surface area contributed by atoms with Gasteiger partial charge in [0.1, 0.15) is 5.78 Å². The van der Waals surface area contributed by atoms with E-state index in [1.807, 2.05) is 6.92 Å². The molecule has 2 heteroatoms. The van der Waals surface area contributed by atoms with Gasteiger partial charge in [-0.1, -0.05) is 71.0 Å². The lowest BCUT2D eigenvalue weighted by molar-refractivity contribution is -0.121. The zero-order chi connectivity index (χ0) is 15.9. The summed E-state index contributed by atoms with van der Waals surface area (Å²) >= 11 is 0. The summed E-state index contributed by atoms with van der Waals surface area (Å²) in [6, 6.07) is 0. The molecule has 0 radical (unpaired) electrons. The summed E-state index contributed by atoms with van der Waals surface area (Å²) in [6.07, 6.45) is 5.30. The van der Waals surface area contributed by atoms with Gasteiger partial charge in [0.25, 0.3) is 0 Å². The minimum absolute atomic E-state index is 0.394. The van der Waals surface area contributed by atoms with Crippen molar-refractivity contribution >= 4 is 13.9 Å². The molecular weight excluding hydrogens is 272 g/mol. The number of hydrogen-bond donors (Lipinski definition) is 0. The van der Waals surface area contributed by atoms with Crippen LogP contribution in [0.25, 0.3) is 0 Å². The van der Waals surface area contributed by atoms with E-state index in [0.717, 1.165) is 34.0 Å². The molecule has 2 saturated carbocycles. The average molecular weight is 309 g/mol. The van der Waals surface area contributed by atoms with Crippen molar-refractivity contribution in [3.05, 3.63) is 0 Å². The van der Waals surface area contributed by atoms with Crippen LogP contribution < -0.4 is 0 Å². The molecule has 0 aromatic carbocycles. The minimum Gasteiger partial charge on any atom is -0.300 e. The predicted octanol–water partition coefficient (Wildman–Crippen LogP) is 6.06. The van der Waals surface area contributed by atoms with Gasteiger partial charge >= 0.3 is 0 Å². The van der Waals surface area contributed by atoms with E-state index in [1.165, 1.54) is 25.7 Å². The molecule has 1 nitrogen and oxygen atoms in total. The normalized spacial score (nSPS) is 33.2. The summed E-state index contributed by atoms with van der Waals surface area (Å²) in [5, 5.41) is 0. The first-order chi connectivity index (χ1) is 9.74. The number of carbonyl (C=O) groups is 1. The van der Waals surface area contributed by atoms with E-state index in [0.29, 0.717) is 11.7 Å². The molecule has 4 atom stereocenters. The first-order valence-electron chi connectivity index (χ1n) is 9.24. The summed E-state index contributed by atoms with van der Waals surface area (Å²) in [6.45, 7) is 16.8. The third kappa shape index (κ3) is 2.56. The van der Waals surface area contributed by atoms with Gasteiger partial charge in [-0.2, -0.15) is 0 Å². The van der Waals surface area contributed by atoms with Crippen LogP contribution in [0.15, 0.2) is 0 Å². The van der Waals surface area contributed by atoms with E-state index in [-0.39, 0.29) is 0 Å². The monoisotopic (exact) mass is 308 g/mol. The summed E-state index contributed by atoms with van der Waals surface area (Å²) in [4.78, 5) is 12.2. The van der Waals surface area contributed by atoms with Crippen molar-refractivity contribution in [1.82, 2.24) is 0 Å². The Hall–Kier alpha value is -0.113. The van der Waals surface area contributed by atoms with Crippen molar-refractivity contribution in [3.63, 3.8) is 0 Å².